The summed E-state index contributed by atoms with van der Waals surface area (Å²) in [6.45, 7) is 2.01. The lowest BCUT2D eigenvalue weighted by molar-refractivity contribution is 0.0420. The third-order valence-corrected chi connectivity index (χ3v) is 5.21. The molecule has 0 bridgehead atoms. The Morgan fingerprint density at radius 2 is 1.93 bits per heavy atom. The highest BCUT2D eigenvalue weighted by atomic mass is 35.5. The molecule has 3 heterocycles. The zero-order valence-corrected chi connectivity index (χ0v) is 16.9. The highest BCUT2D eigenvalue weighted by Gasteiger charge is 2.29. The van der Waals surface area contributed by atoms with E-state index >= 15 is 0 Å². The van der Waals surface area contributed by atoms with Crippen LogP contribution < -0.4 is 4.74 Å². The summed E-state index contributed by atoms with van der Waals surface area (Å²) in [5.41, 5.74) is 3.37. The predicted molar refractivity (Wildman–Crippen MR) is 109 cm³/mol. The molecule has 0 N–H and O–H groups in total. The summed E-state index contributed by atoms with van der Waals surface area (Å²) in [5.74, 6) is 0.612. The van der Waals surface area contributed by atoms with Gasteiger partial charge in [-0.25, -0.2) is 9.97 Å². The highest BCUT2D eigenvalue weighted by Crippen LogP contribution is 2.32. The number of halogens is 2. The van der Waals surface area contributed by atoms with Gasteiger partial charge in [0.05, 0.1) is 12.8 Å². The second-order valence-corrected chi connectivity index (χ2v) is 7.36. The van der Waals surface area contributed by atoms with Crippen molar-refractivity contribution in [1.29, 1.82) is 0 Å². The first-order chi connectivity index (χ1) is 13.5. The van der Waals surface area contributed by atoms with Crippen molar-refractivity contribution < 1.29 is 9.57 Å². The number of rotatable bonds is 4. The topological polar surface area (TPSA) is 61.5 Å². The standard InChI is InChI=1S/C20H18Cl2N4O2/c1-12-15(13-3-5-14(21)6-4-13)9-17(25-28-12)16-7-8-18(20(24-16)27-2)26-10-19(22)23-11-26/h3-8,10-12,15H,9H2,1-2H3. The van der Waals surface area contributed by atoms with E-state index in [1.54, 1.807) is 24.2 Å². The summed E-state index contributed by atoms with van der Waals surface area (Å²) in [6.07, 6.45) is 3.97. The number of hydrogen-bond acceptors (Lipinski definition) is 5. The first-order valence-corrected chi connectivity index (χ1v) is 9.54. The molecule has 0 radical (unpaired) electrons. The molecular formula is C20H18Cl2N4O2. The van der Waals surface area contributed by atoms with Gasteiger partial charge in [-0.1, -0.05) is 40.5 Å². The van der Waals surface area contributed by atoms with Gasteiger partial charge in [0.15, 0.2) is 0 Å². The number of oxime groups is 1. The predicted octanol–water partition coefficient (Wildman–Crippen LogP) is 4.88. The summed E-state index contributed by atoms with van der Waals surface area (Å²) >= 11 is 11.9. The van der Waals surface area contributed by atoms with Crippen LogP contribution in [0.1, 0.15) is 30.5 Å². The van der Waals surface area contributed by atoms with Gasteiger partial charge in [0.25, 0.3) is 0 Å². The summed E-state index contributed by atoms with van der Waals surface area (Å²) in [6, 6.07) is 11.6. The summed E-state index contributed by atoms with van der Waals surface area (Å²) in [4.78, 5) is 14.3. The second kappa shape index (κ2) is 7.81. The normalized spacial score (nSPS) is 19.1. The molecule has 2 atom stereocenters. The van der Waals surface area contributed by atoms with Crippen LogP contribution in [0.15, 0.2) is 54.1 Å². The van der Waals surface area contributed by atoms with E-state index in [0.29, 0.717) is 28.2 Å². The molecule has 8 heteroatoms. The monoisotopic (exact) mass is 416 g/mol. The minimum atomic E-state index is -0.0424. The molecule has 28 heavy (non-hydrogen) atoms. The van der Waals surface area contributed by atoms with E-state index in [1.807, 2.05) is 43.3 Å². The average molecular weight is 417 g/mol. The van der Waals surface area contributed by atoms with E-state index in [-0.39, 0.29) is 12.0 Å². The van der Waals surface area contributed by atoms with E-state index in [9.17, 15) is 0 Å². The van der Waals surface area contributed by atoms with Crippen LogP contribution in [-0.4, -0.2) is 33.5 Å². The van der Waals surface area contributed by atoms with E-state index in [4.69, 9.17) is 32.8 Å². The zero-order valence-electron chi connectivity index (χ0n) is 15.3. The molecule has 1 aromatic carbocycles. The van der Waals surface area contributed by atoms with Crippen molar-refractivity contribution in [3.8, 4) is 11.6 Å². The lowest BCUT2D eigenvalue weighted by Crippen LogP contribution is -2.26. The first kappa shape index (κ1) is 18.8. The first-order valence-electron chi connectivity index (χ1n) is 8.78. The lowest BCUT2D eigenvalue weighted by atomic mass is 9.87. The number of imidazole rings is 1. The Labute approximate surface area is 172 Å². The van der Waals surface area contributed by atoms with Crippen LogP contribution in [0, 0.1) is 0 Å². The maximum absolute atomic E-state index is 6.02. The van der Waals surface area contributed by atoms with Crippen molar-refractivity contribution in [2.45, 2.75) is 25.4 Å². The SMILES string of the molecule is COc1nc(C2=NOC(C)C(c3ccc(Cl)cc3)C2)ccc1-n1cnc(Cl)c1. The van der Waals surface area contributed by atoms with E-state index in [0.717, 1.165) is 17.0 Å². The van der Waals surface area contributed by atoms with Crippen LogP contribution in [0.4, 0.5) is 0 Å². The Kier molecular flexibility index (Phi) is 5.24. The van der Waals surface area contributed by atoms with Crippen molar-refractivity contribution in [3.05, 3.63) is 70.4 Å². The maximum atomic E-state index is 6.02. The van der Waals surface area contributed by atoms with Crippen LogP contribution >= 0.6 is 23.2 Å². The van der Waals surface area contributed by atoms with Gasteiger partial charge < -0.3 is 9.57 Å². The molecule has 0 spiro atoms. The molecule has 3 aromatic rings. The minimum absolute atomic E-state index is 0.0424. The summed E-state index contributed by atoms with van der Waals surface area (Å²) < 4.78 is 7.23. The molecule has 2 aromatic heterocycles. The fourth-order valence-corrected chi connectivity index (χ4v) is 3.53. The van der Waals surface area contributed by atoms with Crippen molar-refractivity contribution in [3.63, 3.8) is 0 Å². The van der Waals surface area contributed by atoms with Crippen LogP contribution in [0.5, 0.6) is 5.88 Å². The molecule has 0 saturated heterocycles. The molecule has 0 amide bonds. The smallest absolute Gasteiger partial charge is 0.238 e. The van der Waals surface area contributed by atoms with Gasteiger partial charge in [-0.05, 0) is 36.8 Å². The minimum Gasteiger partial charge on any atom is -0.479 e. The van der Waals surface area contributed by atoms with Gasteiger partial charge in [-0.2, -0.15) is 0 Å². The van der Waals surface area contributed by atoms with Crippen LogP contribution in [0.25, 0.3) is 5.69 Å². The fourth-order valence-electron chi connectivity index (χ4n) is 3.25. The van der Waals surface area contributed by atoms with Crippen molar-refractivity contribution in [1.82, 2.24) is 14.5 Å². The number of benzene rings is 1. The fraction of sp³-hybridized carbons (Fsp3) is 0.250. The number of pyridine rings is 1. The molecule has 4 rings (SSSR count). The number of hydrogen-bond donors (Lipinski definition) is 0. The van der Waals surface area contributed by atoms with E-state index in [1.165, 1.54) is 0 Å². The van der Waals surface area contributed by atoms with Gasteiger partial charge >= 0.3 is 0 Å². The van der Waals surface area contributed by atoms with Gasteiger partial charge in [0.1, 0.15) is 29.0 Å². The Balaban J connectivity index is 1.64. The number of nitrogens with zero attached hydrogens (tertiary/aromatic N) is 4. The van der Waals surface area contributed by atoms with Crippen LogP contribution in [0.3, 0.4) is 0 Å². The molecule has 6 nitrogen and oxygen atoms in total. The van der Waals surface area contributed by atoms with Crippen LogP contribution in [-0.2, 0) is 4.84 Å². The molecule has 144 valence electrons. The molecule has 1 aliphatic rings. The third-order valence-electron chi connectivity index (χ3n) is 4.77. The number of ether oxygens (including phenoxy) is 1. The zero-order chi connectivity index (χ0) is 19.7. The maximum Gasteiger partial charge on any atom is 0.238 e. The molecule has 2 unspecified atom stereocenters. The summed E-state index contributed by atoms with van der Waals surface area (Å²) in [7, 11) is 1.58. The number of aromatic nitrogens is 3. The molecule has 0 saturated carbocycles. The average Bonchev–Trinajstić information content (AvgIpc) is 3.15. The lowest BCUT2D eigenvalue weighted by Gasteiger charge is -2.28. The van der Waals surface area contributed by atoms with Crippen molar-refractivity contribution in [2.75, 3.05) is 7.11 Å². The summed E-state index contributed by atoms with van der Waals surface area (Å²) in [5, 5.41) is 5.40. The van der Waals surface area contributed by atoms with Gasteiger partial charge in [0, 0.05) is 23.6 Å². The Morgan fingerprint density at radius 3 is 2.61 bits per heavy atom. The Bertz CT molecular complexity index is 1020. The van der Waals surface area contributed by atoms with Gasteiger partial charge in [-0.3, -0.25) is 4.57 Å². The Hall–Kier alpha value is -2.57. The second-order valence-electron chi connectivity index (χ2n) is 6.54. The van der Waals surface area contributed by atoms with Crippen molar-refractivity contribution in [2.24, 2.45) is 5.16 Å². The molecule has 1 aliphatic heterocycles. The van der Waals surface area contributed by atoms with Crippen molar-refractivity contribution >= 4 is 28.9 Å². The van der Waals surface area contributed by atoms with Crippen LogP contribution in [0.2, 0.25) is 10.2 Å². The van der Waals surface area contributed by atoms with E-state index < -0.39 is 0 Å². The largest absolute Gasteiger partial charge is 0.479 e. The Morgan fingerprint density at radius 1 is 1.14 bits per heavy atom. The molecular weight excluding hydrogens is 399 g/mol. The van der Waals surface area contributed by atoms with E-state index in [2.05, 4.69) is 15.1 Å². The quantitative estimate of drug-likeness (QED) is 0.607. The molecule has 0 fully saturated rings. The molecule has 0 aliphatic carbocycles. The van der Waals surface area contributed by atoms with Gasteiger partial charge in [-0.15, -0.1) is 0 Å². The third kappa shape index (κ3) is 3.70. The highest BCUT2D eigenvalue weighted by molar-refractivity contribution is 6.30. The van der Waals surface area contributed by atoms with Gasteiger partial charge in [0.2, 0.25) is 5.88 Å². The number of methoxy groups -OCH3 is 1.